The van der Waals surface area contributed by atoms with Crippen LogP contribution in [0.25, 0.3) is 0 Å². The molecule has 0 aliphatic heterocycles. The first-order valence-corrected chi connectivity index (χ1v) is 11.6. The van der Waals surface area contributed by atoms with E-state index in [0.29, 0.717) is 21.6 Å². The van der Waals surface area contributed by atoms with Gasteiger partial charge in [-0.1, -0.05) is 35.4 Å². The molecule has 0 aromatic heterocycles. The van der Waals surface area contributed by atoms with Crippen molar-refractivity contribution in [2.24, 2.45) is 5.10 Å². The van der Waals surface area contributed by atoms with Crippen LogP contribution in [0.3, 0.4) is 0 Å². The van der Waals surface area contributed by atoms with Gasteiger partial charge in [0, 0.05) is 16.4 Å². The number of hydrogen-bond donors (Lipinski definition) is 3. The number of nitrogens with one attached hydrogen (secondary N) is 3. The van der Waals surface area contributed by atoms with Crippen molar-refractivity contribution in [2.75, 3.05) is 24.4 Å². The van der Waals surface area contributed by atoms with Gasteiger partial charge in [-0.3, -0.25) is 10.2 Å². The Hall–Kier alpha value is -3.62. The normalized spacial score (nSPS) is 10.7. The highest BCUT2D eigenvalue weighted by atomic mass is 35.5. The summed E-state index contributed by atoms with van der Waals surface area (Å²) in [6.07, 6.45) is 1.59. The van der Waals surface area contributed by atoms with E-state index in [9.17, 15) is 4.79 Å². The van der Waals surface area contributed by atoms with E-state index in [4.69, 9.17) is 33.3 Å². The van der Waals surface area contributed by atoms with Crippen molar-refractivity contribution in [3.05, 3.63) is 81.9 Å². The lowest BCUT2D eigenvalue weighted by Gasteiger charge is -2.14. The second-order valence-corrected chi connectivity index (χ2v) is 8.70. The van der Waals surface area contributed by atoms with Crippen LogP contribution in [0.15, 0.2) is 59.7 Å². The largest absolute Gasteiger partial charge is 0.493 e. The number of methoxy groups -OCH3 is 1. The number of carbonyl (C=O) groups excluding carboxylic acids is 1. The van der Waals surface area contributed by atoms with Gasteiger partial charge >= 0.3 is 0 Å². The minimum Gasteiger partial charge on any atom is -0.493 e. The van der Waals surface area contributed by atoms with Crippen LogP contribution in [0.5, 0.6) is 11.5 Å². The number of amides is 1. The summed E-state index contributed by atoms with van der Waals surface area (Å²) >= 11 is 11.2. The van der Waals surface area contributed by atoms with Gasteiger partial charge in [0.1, 0.15) is 0 Å². The van der Waals surface area contributed by atoms with Crippen LogP contribution in [0.1, 0.15) is 22.3 Å². The van der Waals surface area contributed by atoms with E-state index in [1.807, 2.05) is 45.0 Å². The van der Waals surface area contributed by atoms with Crippen LogP contribution >= 0.6 is 23.8 Å². The smallest absolute Gasteiger partial charge is 0.262 e. The van der Waals surface area contributed by atoms with Crippen molar-refractivity contribution in [2.45, 2.75) is 20.8 Å². The maximum absolute atomic E-state index is 12.5. The van der Waals surface area contributed by atoms with Crippen molar-refractivity contribution < 1.29 is 14.3 Å². The van der Waals surface area contributed by atoms with Gasteiger partial charge in [0.15, 0.2) is 23.2 Å². The lowest BCUT2D eigenvalue weighted by molar-refractivity contribution is -0.118. The lowest BCUT2D eigenvalue weighted by atomic mass is 10.1. The number of hydrogen-bond acceptors (Lipinski definition) is 5. The molecule has 0 spiro atoms. The first-order chi connectivity index (χ1) is 16.7. The number of rotatable bonds is 8. The number of anilines is 2. The Labute approximate surface area is 215 Å². The van der Waals surface area contributed by atoms with Crippen molar-refractivity contribution in [1.29, 1.82) is 0 Å². The molecule has 3 rings (SSSR count). The van der Waals surface area contributed by atoms with Crippen LogP contribution in [0.4, 0.5) is 11.4 Å². The Morgan fingerprint density at radius 3 is 2.46 bits per heavy atom. The van der Waals surface area contributed by atoms with Crippen molar-refractivity contribution >= 4 is 52.4 Å². The Morgan fingerprint density at radius 1 is 1.03 bits per heavy atom. The zero-order valence-corrected chi connectivity index (χ0v) is 21.5. The first-order valence-electron chi connectivity index (χ1n) is 10.8. The molecule has 0 saturated carbocycles. The Kier molecular flexibility index (Phi) is 9.05. The summed E-state index contributed by atoms with van der Waals surface area (Å²) < 4.78 is 11.1. The predicted molar refractivity (Wildman–Crippen MR) is 146 cm³/mol. The average molecular weight is 511 g/mol. The summed E-state index contributed by atoms with van der Waals surface area (Å²) in [4.78, 5) is 12.5. The molecular weight excluding hydrogens is 484 g/mol. The molecule has 9 heteroatoms. The third-order valence-corrected chi connectivity index (χ3v) is 5.38. The van der Waals surface area contributed by atoms with E-state index in [0.717, 1.165) is 33.6 Å². The van der Waals surface area contributed by atoms with Gasteiger partial charge in [-0.15, -0.1) is 0 Å². The van der Waals surface area contributed by atoms with Gasteiger partial charge in [-0.25, -0.2) is 0 Å². The van der Waals surface area contributed by atoms with Gasteiger partial charge in [0.2, 0.25) is 0 Å². The van der Waals surface area contributed by atoms with E-state index in [-0.39, 0.29) is 12.5 Å². The zero-order valence-electron chi connectivity index (χ0n) is 19.9. The molecule has 3 aromatic carbocycles. The number of ether oxygens (including phenoxy) is 2. The molecule has 0 atom stereocenters. The number of nitrogens with zero attached hydrogens (tertiary/aromatic N) is 1. The highest BCUT2D eigenvalue weighted by molar-refractivity contribution is 7.80. The first kappa shape index (κ1) is 26.0. The monoisotopic (exact) mass is 510 g/mol. The fourth-order valence-corrected chi connectivity index (χ4v) is 3.83. The fourth-order valence-electron chi connectivity index (χ4n) is 3.47. The molecule has 182 valence electrons. The number of halogens is 1. The molecule has 0 aliphatic rings. The third-order valence-electron chi connectivity index (χ3n) is 4.95. The van der Waals surface area contributed by atoms with Crippen LogP contribution in [0.2, 0.25) is 5.02 Å². The summed E-state index contributed by atoms with van der Waals surface area (Å²) in [6.45, 7) is 5.81. The number of benzene rings is 3. The van der Waals surface area contributed by atoms with E-state index >= 15 is 0 Å². The van der Waals surface area contributed by atoms with E-state index < -0.39 is 0 Å². The summed E-state index contributed by atoms with van der Waals surface area (Å²) in [5.74, 6) is 0.671. The van der Waals surface area contributed by atoms with Crippen LogP contribution in [0, 0.1) is 20.8 Å². The van der Waals surface area contributed by atoms with Crippen LogP contribution in [-0.4, -0.2) is 31.0 Å². The molecule has 0 aliphatic carbocycles. The summed E-state index contributed by atoms with van der Waals surface area (Å²) in [7, 11) is 1.53. The Morgan fingerprint density at radius 2 is 1.77 bits per heavy atom. The van der Waals surface area contributed by atoms with Crippen molar-refractivity contribution in [1.82, 2.24) is 5.43 Å². The van der Waals surface area contributed by atoms with Gasteiger partial charge in [0.05, 0.1) is 13.3 Å². The van der Waals surface area contributed by atoms with E-state index in [1.54, 1.807) is 36.5 Å². The molecule has 0 fully saturated rings. The standard InChI is InChI=1S/C26H27ClN4O3S/c1-16-10-17(2)25(18(3)11-16)30-24(32)15-34-22-9-8-19(12-23(22)33-4)14-28-31-26(35)29-21-7-5-6-20(27)13-21/h5-14H,15H2,1-4H3,(H,30,32)(H2,29,31,35)/b28-14-. The second kappa shape index (κ2) is 12.2. The van der Waals surface area contributed by atoms with Crippen LogP contribution in [-0.2, 0) is 4.79 Å². The number of aryl methyl sites for hydroxylation is 3. The molecule has 35 heavy (non-hydrogen) atoms. The maximum Gasteiger partial charge on any atom is 0.262 e. The van der Waals surface area contributed by atoms with Gasteiger partial charge in [0.25, 0.3) is 5.91 Å². The quantitative estimate of drug-likeness (QED) is 0.207. The SMILES string of the molecule is COc1cc(/C=N\NC(=S)Nc2cccc(Cl)c2)ccc1OCC(=O)Nc1c(C)cc(C)cc1C. The third kappa shape index (κ3) is 7.70. The number of thiocarbonyl (C=S) groups is 1. The molecule has 0 heterocycles. The Bertz CT molecular complexity index is 1240. The maximum atomic E-state index is 12.5. The highest BCUT2D eigenvalue weighted by Crippen LogP contribution is 2.28. The molecule has 1 amide bonds. The lowest BCUT2D eigenvalue weighted by Crippen LogP contribution is -2.23. The van der Waals surface area contributed by atoms with E-state index in [1.165, 1.54) is 7.11 Å². The van der Waals surface area contributed by atoms with Gasteiger partial charge in [-0.2, -0.15) is 5.10 Å². The Balaban J connectivity index is 1.56. The predicted octanol–water partition coefficient (Wildman–Crippen LogP) is 5.61. The molecule has 3 N–H and O–H groups in total. The minimum absolute atomic E-state index is 0.151. The van der Waals surface area contributed by atoms with Gasteiger partial charge in [-0.05, 0) is 86.1 Å². The molecule has 3 aromatic rings. The van der Waals surface area contributed by atoms with E-state index in [2.05, 4.69) is 21.2 Å². The summed E-state index contributed by atoms with van der Waals surface area (Å²) in [5.41, 5.74) is 8.22. The number of hydrazone groups is 1. The van der Waals surface area contributed by atoms with Crippen LogP contribution < -0.4 is 25.5 Å². The zero-order chi connectivity index (χ0) is 25.4. The molecule has 0 saturated heterocycles. The second-order valence-electron chi connectivity index (χ2n) is 7.86. The molecular formula is C26H27ClN4O3S. The molecule has 0 bridgehead atoms. The highest BCUT2D eigenvalue weighted by Gasteiger charge is 2.11. The topological polar surface area (TPSA) is 84.0 Å². The minimum atomic E-state index is -0.252. The molecule has 0 radical (unpaired) electrons. The van der Waals surface area contributed by atoms with Gasteiger partial charge < -0.3 is 20.1 Å². The van der Waals surface area contributed by atoms with Crippen molar-refractivity contribution in [3.63, 3.8) is 0 Å². The summed E-state index contributed by atoms with van der Waals surface area (Å²) in [6, 6.07) is 16.5. The molecule has 0 unspecified atom stereocenters. The molecule has 7 nitrogen and oxygen atoms in total. The average Bonchev–Trinajstić information content (AvgIpc) is 2.80. The van der Waals surface area contributed by atoms with Crippen molar-refractivity contribution in [3.8, 4) is 11.5 Å². The number of carbonyl (C=O) groups is 1. The fraction of sp³-hybridized carbons (Fsp3) is 0.192. The summed E-state index contributed by atoms with van der Waals surface area (Å²) in [5, 5.41) is 11.0.